The highest BCUT2D eigenvalue weighted by Crippen LogP contribution is 2.44. The van der Waals surface area contributed by atoms with E-state index < -0.39 is 5.60 Å². The predicted molar refractivity (Wildman–Crippen MR) is 196 cm³/mol. The second-order valence-electron chi connectivity index (χ2n) is 15.9. The average molecular weight is 673 g/mol. The Kier molecular flexibility index (Phi) is 8.31. The highest BCUT2D eigenvalue weighted by Gasteiger charge is 2.46. The molecule has 9 heteroatoms. The summed E-state index contributed by atoms with van der Waals surface area (Å²) in [7, 11) is 0. The van der Waals surface area contributed by atoms with Crippen LogP contribution in [0.1, 0.15) is 88.0 Å². The van der Waals surface area contributed by atoms with Crippen molar-refractivity contribution in [3.05, 3.63) is 58.7 Å². The van der Waals surface area contributed by atoms with E-state index >= 15 is 0 Å². The third-order valence-corrected chi connectivity index (χ3v) is 11.7. The number of likely N-dealkylation sites (tertiary alicyclic amines) is 1. The summed E-state index contributed by atoms with van der Waals surface area (Å²) < 4.78 is 12.6. The molecule has 4 saturated heterocycles. The molecule has 6 heterocycles. The lowest BCUT2D eigenvalue weighted by molar-refractivity contribution is 0.0154. The number of pyridine rings is 1. The number of nitriles is 1. The molecule has 2 aromatic carbocycles. The smallest absolute Gasteiger partial charge is 0.410 e. The molecule has 50 heavy (non-hydrogen) atoms. The molecule has 0 radical (unpaired) electrons. The molecule has 0 saturated carbocycles. The van der Waals surface area contributed by atoms with E-state index in [1.165, 1.54) is 12.8 Å². The van der Waals surface area contributed by atoms with Crippen LogP contribution in [-0.2, 0) is 17.7 Å². The molecule has 260 valence electrons. The summed E-state index contributed by atoms with van der Waals surface area (Å²) >= 11 is 0. The molecule has 0 unspecified atom stereocenters. The Morgan fingerprint density at radius 2 is 1.74 bits per heavy atom. The van der Waals surface area contributed by atoms with Crippen LogP contribution in [0.25, 0.3) is 10.8 Å². The molecule has 0 aliphatic carbocycles. The summed E-state index contributed by atoms with van der Waals surface area (Å²) in [5, 5.41) is 13.0. The van der Waals surface area contributed by atoms with Crippen LogP contribution in [0.15, 0.2) is 36.4 Å². The summed E-state index contributed by atoms with van der Waals surface area (Å²) in [5.41, 5.74) is 4.11. The summed E-state index contributed by atoms with van der Waals surface area (Å²) in [6.45, 7) is 11.0. The minimum Gasteiger partial charge on any atom is -0.475 e. The number of anilines is 2. The van der Waals surface area contributed by atoms with Crippen LogP contribution in [0.5, 0.6) is 5.88 Å². The van der Waals surface area contributed by atoms with Crippen molar-refractivity contribution in [1.29, 1.82) is 5.26 Å². The summed E-state index contributed by atoms with van der Waals surface area (Å²) in [6.07, 6.45) is 14.2. The fourth-order valence-electron chi connectivity index (χ4n) is 9.52. The van der Waals surface area contributed by atoms with Gasteiger partial charge in [0.15, 0.2) is 0 Å². The topological polar surface area (TPSA) is 85.2 Å². The van der Waals surface area contributed by atoms with Crippen molar-refractivity contribution in [2.75, 3.05) is 49.1 Å². The third kappa shape index (κ3) is 5.70. The first-order valence-electron chi connectivity index (χ1n) is 18.5. The Bertz CT molecular complexity index is 1870. The Morgan fingerprint density at radius 3 is 2.42 bits per heavy atom. The maximum atomic E-state index is 13.3. The van der Waals surface area contributed by atoms with Crippen molar-refractivity contribution in [3.8, 4) is 24.3 Å². The van der Waals surface area contributed by atoms with Gasteiger partial charge in [-0.2, -0.15) is 10.2 Å². The lowest BCUT2D eigenvalue weighted by atomic mass is 9.88. The van der Waals surface area contributed by atoms with Gasteiger partial charge >= 0.3 is 6.09 Å². The number of piperidine rings is 1. The van der Waals surface area contributed by atoms with Crippen LogP contribution in [-0.4, -0.2) is 83.4 Å². The molecule has 1 amide bonds. The van der Waals surface area contributed by atoms with E-state index in [0.717, 1.165) is 97.1 Å². The fourth-order valence-corrected chi connectivity index (χ4v) is 9.52. The van der Waals surface area contributed by atoms with Crippen molar-refractivity contribution in [1.82, 2.24) is 14.8 Å². The van der Waals surface area contributed by atoms with Gasteiger partial charge in [-0.1, -0.05) is 30.2 Å². The van der Waals surface area contributed by atoms with Crippen molar-refractivity contribution in [2.24, 2.45) is 0 Å². The minimum absolute atomic E-state index is 0.0284. The highest BCUT2D eigenvalue weighted by molar-refractivity contribution is 5.99. The molecule has 0 spiro atoms. The van der Waals surface area contributed by atoms with E-state index in [1.807, 2.05) is 37.8 Å². The van der Waals surface area contributed by atoms with Gasteiger partial charge in [-0.05, 0) is 103 Å². The van der Waals surface area contributed by atoms with Crippen molar-refractivity contribution in [3.63, 3.8) is 0 Å². The van der Waals surface area contributed by atoms with Gasteiger partial charge in [0.05, 0.1) is 5.54 Å². The number of hydrogen-bond donors (Lipinski definition) is 0. The molecule has 8 rings (SSSR count). The van der Waals surface area contributed by atoms with Gasteiger partial charge < -0.3 is 24.2 Å². The Labute approximate surface area is 296 Å². The second kappa shape index (κ2) is 12.7. The van der Waals surface area contributed by atoms with E-state index in [9.17, 15) is 10.1 Å². The molecule has 9 nitrogen and oxygen atoms in total. The molecule has 2 atom stereocenters. The zero-order valence-corrected chi connectivity index (χ0v) is 29.7. The lowest BCUT2D eigenvalue weighted by Gasteiger charge is -2.51. The molecular weight excluding hydrogens is 624 g/mol. The van der Waals surface area contributed by atoms with Crippen LogP contribution >= 0.6 is 0 Å². The normalized spacial score (nSPS) is 22.9. The zero-order chi connectivity index (χ0) is 34.6. The molecule has 2 bridgehead atoms. The van der Waals surface area contributed by atoms with Crippen LogP contribution in [0.4, 0.5) is 16.3 Å². The van der Waals surface area contributed by atoms with E-state index in [1.54, 1.807) is 0 Å². The number of rotatable bonds is 5. The zero-order valence-electron chi connectivity index (χ0n) is 29.7. The van der Waals surface area contributed by atoms with E-state index in [2.05, 4.69) is 51.0 Å². The number of ether oxygens (including phenoxy) is 2. The van der Waals surface area contributed by atoms with Gasteiger partial charge in [0.25, 0.3) is 0 Å². The Hall–Kier alpha value is -4.47. The molecule has 4 fully saturated rings. The van der Waals surface area contributed by atoms with Gasteiger partial charge in [-0.3, -0.25) is 4.90 Å². The SMILES string of the molecule is C#Cc1cccc2cccc(N3CCc4c(N5[C@@H]6CCC[C@H]5CN(C(=O)OC(C)(C)C)C6)nc(OCC56CCCN5CCC6)c(C#N)c4C3)c12. The van der Waals surface area contributed by atoms with Crippen molar-refractivity contribution < 1.29 is 14.3 Å². The number of piperazine rings is 1. The first-order valence-corrected chi connectivity index (χ1v) is 18.5. The van der Waals surface area contributed by atoms with E-state index in [-0.39, 0.29) is 23.7 Å². The van der Waals surface area contributed by atoms with Crippen LogP contribution < -0.4 is 14.5 Å². The van der Waals surface area contributed by atoms with Crippen molar-refractivity contribution in [2.45, 2.75) is 102 Å². The number of amides is 1. The van der Waals surface area contributed by atoms with Gasteiger partial charge in [0, 0.05) is 66.0 Å². The lowest BCUT2D eigenvalue weighted by Crippen LogP contribution is -2.63. The van der Waals surface area contributed by atoms with Crippen LogP contribution in [0, 0.1) is 23.7 Å². The standard InChI is InChI=1S/C41H48N6O3/c1-5-28-11-6-12-29-13-7-16-35(36(28)29)44-22-17-32-34(26-44)33(23-42)38(49-27-41-18-9-20-46(41)21-10-19-41)43-37(32)47-30-14-8-15-31(47)25-45(24-30)39(48)50-40(2,3)4/h1,6-7,11-13,16,30-31H,8-10,14-15,17-22,24-27H2,2-4H3/t30-,31+. The first kappa shape index (κ1) is 32.7. The van der Waals surface area contributed by atoms with Crippen LogP contribution in [0.2, 0.25) is 0 Å². The number of benzene rings is 2. The van der Waals surface area contributed by atoms with E-state index in [0.29, 0.717) is 37.7 Å². The summed E-state index contributed by atoms with van der Waals surface area (Å²) in [5.74, 6) is 4.29. The molecule has 3 aromatic rings. The first-order chi connectivity index (χ1) is 24.2. The average Bonchev–Trinajstić information content (AvgIpc) is 3.69. The molecule has 5 aliphatic rings. The number of aromatic nitrogens is 1. The third-order valence-electron chi connectivity index (χ3n) is 11.7. The number of terminal acetylenes is 1. The predicted octanol–water partition coefficient (Wildman–Crippen LogP) is 6.64. The maximum absolute atomic E-state index is 13.3. The van der Waals surface area contributed by atoms with Gasteiger partial charge in [0.2, 0.25) is 5.88 Å². The van der Waals surface area contributed by atoms with E-state index in [4.69, 9.17) is 20.9 Å². The number of carbonyl (C=O) groups excluding carboxylic acids is 1. The van der Waals surface area contributed by atoms with Gasteiger partial charge in [0.1, 0.15) is 29.7 Å². The largest absolute Gasteiger partial charge is 0.475 e. The second-order valence-corrected chi connectivity index (χ2v) is 15.9. The number of nitrogens with zero attached hydrogens (tertiary/aromatic N) is 6. The summed E-state index contributed by atoms with van der Waals surface area (Å²) in [6, 6.07) is 15.3. The highest BCUT2D eigenvalue weighted by atomic mass is 16.6. The number of carbonyl (C=O) groups is 1. The van der Waals surface area contributed by atoms with Gasteiger partial charge in [-0.25, -0.2) is 4.79 Å². The molecule has 5 aliphatic heterocycles. The van der Waals surface area contributed by atoms with Crippen LogP contribution in [0.3, 0.4) is 0 Å². The maximum Gasteiger partial charge on any atom is 0.410 e. The Morgan fingerprint density at radius 1 is 1.02 bits per heavy atom. The molecule has 1 aromatic heterocycles. The monoisotopic (exact) mass is 672 g/mol. The number of fused-ring (bicyclic) bond motifs is 5. The molecular formula is C41H48N6O3. The minimum atomic E-state index is -0.548. The summed E-state index contributed by atoms with van der Waals surface area (Å²) in [4.78, 5) is 27.9. The number of hydrogen-bond acceptors (Lipinski definition) is 8. The van der Waals surface area contributed by atoms with Crippen molar-refractivity contribution >= 4 is 28.4 Å². The fraction of sp³-hybridized carbons (Fsp3) is 0.537. The molecule has 0 N–H and O–H groups in total. The quantitative estimate of drug-likeness (QED) is 0.279. The van der Waals surface area contributed by atoms with Gasteiger partial charge in [-0.15, -0.1) is 6.42 Å². The Balaban J connectivity index is 1.20.